The van der Waals surface area contributed by atoms with Gasteiger partial charge in [0.2, 0.25) is 5.91 Å². The molecule has 3 rings (SSSR count). The molecule has 2 aliphatic heterocycles. The summed E-state index contributed by atoms with van der Waals surface area (Å²) in [5, 5.41) is 2.99. The zero-order chi connectivity index (χ0) is 19.9. The van der Waals surface area contributed by atoms with Gasteiger partial charge in [0.1, 0.15) is 5.82 Å². The Labute approximate surface area is 168 Å². The molecule has 0 saturated carbocycles. The number of hydrogen-bond donors (Lipinski definition) is 1. The zero-order valence-electron chi connectivity index (χ0n) is 17.3. The van der Waals surface area contributed by atoms with E-state index in [1.807, 2.05) is 6.92 Å². The van der Waals surface area contributed by atoms with Crippen LogP contribution in [0.3, 0.4) is 0 Å². The van der Waals surface area contributed by atoms with Crippen LogP contribution < -0.4 is 5.32 Å². The summed E-state index contributed by atoms with van der Waals surface area (Å²) in [6.45, 7) is 7.92. The van der Waals surface area contributed by atoms with E-state index in [9.17, 15) is 9.18 Å². The minimum absolute atomic E-state index is 0.0962. The van der Waals surface area contributed by atoms with Gasteiger partial charge in [-0.25, -0.2) is 4.39 Å². The minimum atomic E-state index is -0.145. The molecule has 0 aliphatic carbocycles. The van der Waals surface area contributed by atoms with Gasteiger partial charge in [0.15, 0.2) is 0 Å². The molecule has 0 aromatic heterocycles. The molecule has 0 radical (unpaired) electrons. The Balaban J connectivity index is 1.45. The first-order valence-electron chi connectivity index (χ1n) is 10.5. The lowest BCUT2D eigenvalue weighted by atomic mass is 9.93. The van der Waals surface area contributed by atoms with Gasteiger partial charge >= 0.3 is 0 Å². The molecule has 1 aromatic rings. The highest BCUT2D eigenvalue weighted by Gasteiger charge is 2.31. The number of benzene rings is 1. The van der Waals surface area contributed by atoms with Crippen molar-refractivity contribution in [1.82, 2.24) is 15.1 Å². The van der Waals surface area contributed by atoms with Crippen LogP contribution in [-0.2, 0) is 16.1 Å². The molecule has 1 N–H and O–H groups in total. The fourth-order valence-corrected chi connectivity index (χ4v) is 4.58. The number of hydrogen-bond acceptors (Lipinski definition) is 4. The fraction of sp³-hybridized carbons (Fsp3) is 0.682. The standard InChI is InChI=1S/C22H34FN3O2/c1-17-12-18(14-20(23)13-17)15-25-9-5-21(6-10-25)26-8-3-4-19(16-26)22(27)24-7-11-28-2/h12-14,19,21H,3-11,15-16H2,1-2H3,(H,24,27)/t19-/m1/s1. The van der Waals surface area contributed by atoms with Crippen LogP contribution in [0.1, 0.15) is 36.8 Å². The molecule has 1 atom stereocenters. The summed E-state index contributed by atoms with van der Waals surface area (Å²) in [4.78, 5) is 17.3. The molecule has 1 amide bonds. The average Bonchev–Trinajstić information content (AvgIpc) is 2.68. The maximum Gasteiger partial charge on any atom is 0.224 e. The molecule has 2 saturated heterocycles. The van der Waals surface area contributed by atoms with Crippen molar-refractivity contribution >= 4 is 5.91 Å². The molecular weight excluding hydrogens is 357 g/mol. The highest BCUT2D eigenvalue weighted by molar-refractivity contribution is 5.78. The molecule has 156 valence electrons. The van der Waals surface area contributed by atoms with Crippen molar-refractivity contribution in [2.45, 2.75) is 45.2 Å². The van der Waals surface area contributed by atoms with Gasteiger partial charge in [0.25, 0.3) is 0 Å². The molecule has 2 fully saturated rings. The molecule has 0 bridgehead atoms. The number of carbonyl (C=O) groups excluding carboxylic acids is 1. The molecule has 0 spiro atoms. The molecule has 6 heteroatoms. The van der Waals surface area contributed by atoms with Crippen LogP contribution in [-0.4, -0.2) is 68.2 Å². The topological polar surface area (TPSA) is 44.8 Å². The maximum atomic E-state index is 13.6. The van der Waals surface area contributed by atoms with Gasteiger partial charge in [0, 0.05) is 32.8 Å². The predicted octanol–water partition coefficient (Wildman–Crippen LogP) is 2.57. The maximum absolute atomic E-state index is 13.6. The first-order valence-corrected chi connectivity index (χ1v) is 10.5. The number of halogens is 1. The molecule has 28 heavy (non-hydrogen) atoms. The number of aryl methyl sites for hydroxylation is 1. The Kier molecular flexibility index (Phi) is 7.82. The smallest absolute Gasteiger partial charge is 0.224 e. The van der Waals surface area contributed by atoms with E-state index in [0.717, 1.165) is 69.5 Å². The third kappa shape index (κ3) is 6.00. The third-order valence-corrected chi connectivity index (χ3v) is 6.01. The Morgan fingerprint density at radius 2 is 2.00 bits per heavy atom. The van der Waals surface area contributed by atoms with E-state index < -0.39 is 0 Å². The Morgan fingerprint density at radius 1 is 1.21 bits per heavy atom. The van der Waals surface area contributed by atoms with Crippen LogP contribution >= 0.6 is 0 Å². The number of ether oxygens (including phenoxy) is 1. The van der Waals surface area contributed by atoms with E-state index in [2.05, 4.69) is 21.2 Å². The largest absolute Gasteiger partial charge is 0.383 e. The number of piperidine rings is 2. The summed E-state index contributed by atoms with van der Waals surface area (Å²) in [7, 11) is 1.65. The number of carbonyl (C=O) groups is 1. The third-order valence-electron chi connectivity index (χ3n) is 6.01. The van der Waals surface area contributed by atoms with Crippen LogP contribution in [0.2, 0.25) is 0 Å². The van der Waals surface area contributed by atoms with Gasteiger partial charge in [0.05, 0.1) is 12.5 Å². The average molecular weight is 392 g/mol. The van der Waals surface area contributed by atoms with Gasteiger partial charge in [-0.15, -0.1) is 0 Å². The molecule has 5 nitrogen and oxygen atoms in total. The van der Waals surface area contributed by atoms with Crippen molar-refractivity contribution < 1.29 is 13.9 Å². The highest BCUT2D eigenvalue weighted by atomic mass is 19.1. The van der Waals surface area contributed by atoms with E-state index in [4.69, 9.17) is 4.74 Å². The van der Waals surface area contributed by atoms with Crippen molar-refractivity contribution in [2.75, 3.05) is 46.4 Å². The second-order valence-electron chi connectivity index (χ2n) is 8.26. The minimum Gasteiger partial charge on any atom is -0.383 e. The summed E-state index contributed by atoms with van der Waals surface area (Å²) < 4.78 is 18.6. The van der Waals surface area contributed by atoms with Crippen LogP contribution in [0.5, 0.6) is 0 Å². The van der Waals surface area contributed by atoms with Crippen molar-refractivity contribution in [1.29, 1.82) is 0 Å². The molecule has 2 heterocycles. The lowest BCUT2D eigenvalue weighted by Gasteiger charge is -2.42. The summed E-state index contributed by atoms with van der Waals surface area (Å²) in [5.74, 6) is 0.118. The number of rotatable bonds is 7. The van der Waals surface area contributed by atoms with Gasteiger partial charge in [-0.05, 0) is 75.5 Å². The van der Waals surface area contributed by atoms with E-state index in [1.54, 1.807) is 19.2 Å². The quantitative estimate of drug-likeness (QED) is 0.726. The van der Waals surface area contributed by atoms with Crippen LogP contribution in [0.15, 0.2) is 18.2 Å². The first-order chi connectivity index (χ1) is 13.5. The normalized spacial score (nSPS) is 22.3. The van der Waals surface area contributed by atoms with Crippen molar-refractivity contribution in [3.63, 3.8) is 0 Å². The molecule has 1 aromatic carbocycles. The Hall–Kier alpha value is -1.50. The van der Waals surface area contributed by atoms with Gasteiger partial charge in [-0.1, -0.05) is 6.07 Å². The monoisotopic (exact) mass is 391 g/mol. The van der Waals surface area contributed by atoms with E-state index in [0.29, 0.717) is 19.2 Å². The summed E-state index contributed by atoms with van der Waals surface area (Å²) >= 11 is 0. The van der Waals surface area contributed by atoms with Crippen LogP contribution in [0.25, 0.3) is 0 Å². The van der Waals surface area contributed by atoms with Crippen molar-refractivity contribution in [3.8, 4) is 0 Å². The summed E-state index contributed by atoms with van der Waals surface area (Å²) in [6, 6.07) is 5.86. The second kappa shape index (κ2) is 10.3. The number of amides is 1. The number of methoxy groups -OCH3 is 1. The number of nitrogens with one attached hydrogen (secondary N) is 1. The van der Waals surface area contributed by atoms with Crippen molar-refractivity contribution in [2.24, 2.45) is 5.92 Å². The van der Waals surface area contributed by atoms with Crippen molar-refractivity contribution in [3.05, 3.63) is 35.1 Å². The van der Waals surface area contributed by atoms with Gasteiger partial charge in [-0.2, -0.15) is 0 Å². The molecule has 0 unspecified atom stereocenters. The Bertz CT molecular complexity index is 626. The zero-order valence-corrected chi connectivity index (χ0v) is 17.3. The van der Waals surface area contributed by atoms with E-state index in [1.165, 1.54) is 0 Å². The highest BCUT2D eigenvalue weighted by Crippen LogP contribution is 2.25. The van der Waals surface area contributed by atoms with Gasteiger partial charge in [-0.3, -0.25) is 14.6 Å². The predicted molar refractivity (Wildman–Crippen MR) is 109 cm³/mol. The SMILES string of the molecule is COCCNC(=O)[C@@H]1CCCN(C2CCN(Cc3cc(C)cc(F)c3)CC2)C1. The lowest BCUT2D eigenvalue weighted by molar-refractivity contribution is -0.127. The van der Waals surface area contributed by atoms with Gasteiger partial charge < -0.3 is 10.1 Å². The molecule has 2 aliphatic rings. The van der Waals surface area contributed by atoms with Crippen LogP contribution in [0.4, 0.5) is 4.39 Å². The second-order valence-corrected chi connectivity index (χ2v) is 8.26. The fourth-order valence-electron chi connectivity index (χ4n) is 4.58. The number of likely N-dealkylation sites (tertiary alicyclic amines) is 2. The van der Waals surface area contributed by atoms with E-state index in [-0.39, 0.29) is 17.6 Å². The first kappa shape index (κ1) is 21.2. The summed E-state index contributed by atoms with van der Waals surface area (Å²) in [5.41, 5.74) is 2.04. The Morgan fingerprint density at radius 3 is 2.71 bits per heavy atom. The summed E-state index contributed by atoms with van der Waals surface area (Å²) in [6.07, 6.45) is 4.30. The molecular formula is C22H34FN3O2. The lowest BCUT2D eigenvalue weighted by Crippen LogP contribution is -2.50. The van der Waals surface area contributed by atoms with E-state index >= 15 is 0 Å². The van der Waals surface area contributed by atoms with Crippen LogP contribution in [0, 0.1) is 18.7 Å². The number of nitrogens with zero attached hydrogens (tertiary/aromatic N) is 2.